The molecule has 18 heavy (non-hydrogen) atoms. The minimum atomic E-state index is -0.348. The Hall–Kier alpha value is -2.21. The van der Waals surface area contributed by atoms with E-state index in [4.69, 9.17) is 5.11 Å². The average molecular weight is 246 g/mol. The molecular weight excluding hydrogens is 232 g/mol. The van der Waals surface area contributed by atoms with Gasteiger partial charge in [-0.3, -0.25) is 4.79 Å². The minimum absolute atomic E-state index is 0.113. The Labute approximate surface area is 104 Å². The highest BCUT2D eigenvalue weighted by molar-refractivity contribution is 5.92. The van der Waals surface area contributed by atoms with Gasteiger partial charge in [0.25, 0.3) is 5.91 Å². The second kappa shape index (κ2) is 5.42. The van der Waals surface area contributed by atoms with Crippen molar-refractivity contribution in [3.05, 3.63) is 42.2 Å². The first-order valence-electron chi connectivity index (χ1n) is 5.60. The van der Waals surface area contributed by atoms with Crippen LogP contribution in [-0.2, 0) is 0 Å². The fourth-order valence-corrected chi connectivity index (χ4v) is 1.40. The molecule has 1 heterocycles. The number of rotatable bonds is 4. The van der Waals surface area contributed by atoms with Crippen molar-refractivity contribution in [2.24, 2.45) is 0 Å². The van der Waals surface area contributed by atoms with E-state index in [1.807, 2.05) is 30.3 Å². The first kappa shape index (κ1) is 12.3. The lowest BCUT2D eigenvalue weighted by atomic mass is 10.3. The molecule has 0 aliphatic carbocycles. The highest BCUT2D eigenvalue weighted by Crippen LogP contribution is 2.04. The van der Waals surface area contributed by atoms with Crippen LogP contribution in [0.3, 0.4) is 0 Å². The first-order valence-corrected chi connectivity index (χ1v) is 5.60. The summed E-state index contributed by atoms with van der Waals surface area (Å²) < 4.78 is 0. The van der Waals surface area contributed by atoms with Crippen LogP contribution in [0.2, 0.25) is 0 Å². The highest BCUT2D eigenvalue weighted by Gasteiger charge is 2.13. The average Bonchev–Trinajstić information content (AvgIpc) is 2.89. The standard InChI is InChI=1S/C12H14N4O2/c1-9(8-17)14-12(18)11-7-13-16(15-11)10-5-3-2-4-6-10/h2-7,9,17H,8H2,1H3,(H,14,18). The van der Waals surface area contributed by atoms with Crippen LogP contribution >= 0.6 is 0 Å². The minimum Gasteiger partial charge on any atom is -0.394 e. The van der Waals surface area contributed by atoms with Crippen LogP contribution in [0.5, 0.6) is 0 Å². The Morgan fingerprint density at radius 1 is 1.44 bits per heavy atom. The van der Waals surface area contributed by atoms with Crippen LogP contribution in [0.4, 0.5) is 0 Å². The second-order valence-corrected chi connectivity index (χ2v) is 3.91. The van der Waals surface area contributed by atoms with E-state index in [0.717, 1.165) is 5.69 Å². The van der Waals surface area contributed by atoms with Crippen LogP contribution in [-0.4, -0.2) is 38.7 Å². The lowest BCUT2D eigenvalue weighted by Gasteiger charge is -2.08. The maximum atomic E-state index is 11.7. The monoisotopic (exact) mass is 246 g/mol. The van der Waals surface area contributed by atoms with Gasteiger partial charge in [0.1, 0.15) is 0 Å². The van der Waals surface area contributed by atoms with E-state index in [9.17, 15) is 4.79 Å². The SMILES string of the molecule is CC(CO)NC(=O)c1cnn(-c2ccccc2)n1. The molecule has 0 spiro atoms. The van der Waals surface area contributed by atoms with Gasteiger partial charge in [0.05, 0.1) is 18.5 Å². The van der Waals surface area contributed by atoms with E-state index < -0.39 is 0 Å². The van der Waals surface area contributed by atoms with Gasteiger partial charge in [0.2, 0.25) is 0 Å². The lowest BCUT2D eigenvalue weighted by Crippen LogP contribution is -2.35. The Morgan fingerprint density at radius 2 is 2.17 bits per heavy atom. The molecule has 1 amide bonds. The fraction of sp³-hybridized carbons (Fsp3) is 0.250. The number of carbonyl (C=O) groups is 1. The number of nitrogens with one attached hydrogen (secondary N) is 1. The van der Waals surface area contributed by atoms with Crippen molar-refractivity contribution in [3.63, 3.8) is 0 Å². The van der Waals surface area contributed by atoms with Crippen LogP contribution in [0.15, 0.2) is 36.5 Å². The summed E-state index contributed by atoms with van der Waals surface area (Å²) in [5.41, 5.74) is 1.01. The van der Waals surface area contributed by atoms with Gasteiger partial charge in [-0.25, -0.2) is 0 Å². The molecule has 0 saturated carbocycles. The molecule has 0 aliphatic heterocycles. The van der Waals surface area contributed by atoms with Gasteiger partial charge < -0.3 is 10.4 Å². The molecule has 2 rings (SSSR count). The molecule has 1 unspecified atom stereocenters. The van der Waals surface area contributed by atoms with Crippen molar-refractivity contribution in [1.82, 2.24) is 20.3 Å². The third-order valence-corrected chi connectivity index (χ3v) is 2.36. The Balaban J connectivity index is 2.13. The largest absolute Gasteiger partial charge is 0.394 e. The van der Waals surface area contributed by atoms with Crippen LogP contribution < -0.4 is 5.32 Å². The molecule has 94 valence electrons. The smallest absolute Gasteiger partial charge is 0.273 e. The summed E-state index contributed by atoms with van der Waals surface area (Å²) in [6.45, 7) is 1.60. The molecule has 6 nitrogen and oxygen atoms in total. The molecule has 0 saturated heterocycles. The summed E-state index contributed by atoms with van der Waals surface area (Å²) in [4.78, 5) is 13.1. The zero-order valence-corrected chi connectivity index (χ0v) is 9.95. The summed E-state index contributed by atoms with van der Waals surface area (Å²) in [6.07, 6.45) is 1.40. The number of amides is 1. The first-order chi connectivity index (χ1) is 8.70. The van der Waals surface area contributed by atoms with E-state index in [1.165, 1.54) is 11.0 Å². The lowest BCUT2D eigenvalue weighted by molar-refractivity contribution is 0.0917. The Bertz CT molecular complexity index is 524. The number of aromatic nitrogens is 3. The number of aliphatic hydroxyl groups is 1. The predicted octanol–water partition coefficient (Wildman–Crippen LogP) is 0.378. The second-order valence-electron chi connectivity index (χ2n) is 3.91. The number of hydrogen-bond donors (Lipinski definition) is 2. The van der Waals surface area contributed by atoms with Gasteiger partial charge in [0, 0.05) is 6.04 Å². The third kappa shape index (κ3) is 2.72. The van der Waals surface area contributed by atoms with Gasteiger partial charge in [0.15, 0.2) is 5.69 Å². The van der Waals surface area contributed by atoms with Gasteiger partial charge in [-0.1, -0.05) is 18.2 Å². The van der Waals surface area contributed by atoms with Gasteiger partial charge in [-0.15, -0.1) is 5.10 Å². The molecule has 2 N–H and O–H groups in total. The van der Waals surface area contributed by atoms with Crippen molar-refractivity contribution in [2.75, 3.05) is 6.61 Å². The number of para-hydroxylation sites is 1. The van der Waals surface area contributed by atoms with E-state index in [0.29, 0.717) is 0 Å². The quantitative estimate of drug-likeness (QED) is 0.817. The number of benzene rings is 1. The van der Waals surface area contributed by atoms with Crippen LogP contribution in [0.1, 0.15) is 17.4 Å². The number of carbonyl (C=O) groups excluding carboxylic acids is 1. The molecule has 1 aromatic carbocycles. The molecule has 0 aliphatic rings. The normalized spacial score (nSPS) is 12.1. The zero-order valence-electron chi connectivity index (χ0n) is 9.95. The van der Waals surface area contributed by atoms with E-state index in [-0.39, 0.29) is 24.2 Å². The summed E-state index contributed by atoms with van der Waals surface area (Å²) >= 11 is 0. The van der Waals surface area contributed by atoms with Gasteiger partial charge in [-0.2, -0.15) is 9.90 Å². The van der Waals surface area contributed by atoms with E-state index in [2.05, 4.69) is 15.5 Å². The highest BCUT2D eigenvalue weighted by atomic mass is 16.3. The summed E-state index contributed by atoms with van der Waals surface area (Å²) in [5, 5.41) is 19.6. The van der Waals surface area contributed by atoms with Gasteiger partial charge in [-0.05, 0) is 19.1 Å². The van der Waals surface area contributed by atoms with E-state index in [1.54, 1.807) is 6.92 Å². The van der Waals surface area contributed by atoms with Crippen molar-refractivity contribution in [2.45, 2.75) is 13.0 Å². The van der Waals surface area contributed by atoms with Gasteiger partial charge >= 0.3 is 0 Å². The Morgan fingerprint density at radius 3 is 2.83 bits per heavy atom. The third-order valence-electron chi connectivity index (χ3n) is 2.36. The molecule has 6 heteroatoms. The molecule has 0 radical (unpaired) electrons. The maximum Gasteiger partial charge on any atom is 0.273 e. The summed E-state index contributed by atoms with van der Waals surface area (Å²) in [6, 6.07) is 9.01. The van der Waals surface area contributed by atoms with Crippen molar-refractivity contribution >= 4 is 5.91 Å². The van der Waals surface area contributed by atoms with E-state index >= 15 is 0 Å². The molecular formula is C12H14N4O2. The predicted molar refractivity (Wildman–Crippen MR) is 65.4 cm³/mol. The topological polar surface area (TPSA) is 80.0 Å². The molecule has 1 aromatic heterocycles. The number of aliphatic hydroxyl groups excluding tert-OH is 1. The molecule has 2 aromatic rings. The zero-order chi connectivity index (χ0) is 13.0. The van der Waals surface area contributed by atoms with Crippen molar-refractivity contribution in [3.8, 4) is 5.69 Å². The fourth-order valence-electron chi connectivity index (χ4n) is 1.40. The summed E-state index contributed by atoms with van der Waals surface area (Å²) in [7, 11) is 0. The van der Waals surface area contributed by atoms with Crippen LogP contribution in [0.25, 0.3) is 5.69 Å². The molecule has 0 fully saturated rings. The van der Waals surface area contributed by atoms with Crippen LogP contribution in [0, 0.1) is 0 Å². The van der Waals surface area contributed by atoms with Crippen molar-refractivity contribution in [1.29, 1.82) is 0 Å². The maximum absolute atomic E-state index is 11.7. The summed E-state index contributed by atoms with van der Waals surface area (Å²) in [5.74, 6) is -0.348. The number of hydrogen-bond acceptors (Lipinski definition) is 4. The number of nitrogens with zero attached hydrogens (tertiary/aromatic N) is 3. The van der Waals surface area contributed by atoms with Crippen molar-refractivity contribution < 1.29 is 9.90 Å². The Kier molecular flexibility index (Phi) is 3.69. The molecule has 0 bridgehead atoms. The molecule has 1 atom stereocenters.